The predicted molar refractivity (Wildman–Crippen MR) is 103 cm³/mol. The van der Waals surface area contributed by atoms with Crippen LogP contribution in [0.5, 0.6) is 0 Å². The van der Waals surface area contributed by atoms with Crippen molar-refractivity contribution in [2.45, 2.75) is 38.9 Å². The van der Waals surface area contributed by atoms with Gasteiger partial charge in [-0.05, 0) is 31.0 Å². The molecule has 0 atom stereocenters. The van der Waals surface area contributed by atoms with E-state index in [1.807, 2.05) is 32.0 Å². The summed E-state index contributed by atoms with van der Waals surface area (Å²) in [5.74, 6) is -0.560. The minimum absolute atomic E-state index is 0.0400. The molecule has 0 radical (unpaired) electrons. The van der Waals surface area contributed by atoms with Gasteiger partial charge in [0.15, 0.2) is 5.79 Å². The molecule has 1 aromatic rings. The number of nitrogens with zero attached hydrogens (tertiary/aromatic N) is 2. The largest absolute Gasteiger partial charge is 0.347 e. The molecule has 0 aromatic heterocycles. The van der Waals surface area contributed by atoms with Crippen LogP contribution in [0.25, 0.3) is 0 Å². The van der Waals surface area contributed by atoms with E-state index in [4.69, 9.17) is 9.47 Å². The van der Waals surface area contributed by atoms with Crippen molar-refractivity contribution < 1.29 is 22.7 Å². The number of benzene rings is 1. The van der Waals surface area contributed by atoms with Gasteiger partial charge in [-0.15, -0.1) is 0 Å². The lowest BCUT2D eigenvalue weighted by atomic mass is 10.0. The van der Waals surface area contributed by atoms with Crippen molar-refractivity contribution in [2.24, 2.45) is 0 Å². The van der Waals surface area contributed by atoms with Crippen LogP contribution in [-0.4, -0.2) is 64.1 Å². The average molecular weight is 397 g/mol. The Bertz CT molecular complexity index is 792. The van der Waals surface area contributed by atoms with Crippen molar-refractivity contribution in [3.8, 4) is 0 Å². The molecule has 150 valence electrons. The van der Waals surface area contributed by atoms with Crippen LogP contribution in [-0.2, 0) is 24.3 Å². The van der Waals surface area contributed by atoms with Gasteiger partial charge in [0.25, 0.3) is 0 Å². The molecular formula is C19H28N2O5S. The number of hydrogen-bond donors (Lipinski definition) is 0. The highest BCUT2D eigenvalue weighted by Gasteiger charge is 2.40. The van der Waals surface area contributed by atoms with Gasteiger partial charge in [0, 0.05) is 38.9 Å². The monoisotopic (exact) mass is 396 g/mol. The molecule has 2 aliphatic rings. The van der Waals surface area contributed by atoms with Crippen molar-refractivity contribution in [2.75, 3.05) is 43.4 Å². The summed E-state index contributed by atoms with van der Waals surface area (Å²) in [5.41, 5.74) is 2.48. The number of hydrogen-bond acceptors (Lipinski definition) is 5. The number of piperidine rings is 1. The van der Waals surface area contributed by atoms with Gasteiger partial charge in [-0.3, -0.25) is 9.10 Å². The minimum atomic E-state index is -3.48. The number of rotatable bonds is 5. The first kappa shape index (κ1) is 20.1. The highest BCUT2D eigenvalue weighted by Crippen LogP contribution is 2.31. The molecule has 0 saturated carbocycles. The molecule has 7 nitrogen and oxygen atoms in total. The Hall–Kier alpha value is -1.64. The summed E-state index contributed by atoms with van der Waals surface area (Å²) in [7, 11) is -3.48. The molecular weight excluding hydrogens is 368 g/mol. The maximum absolute atomic E-state index is 12.6. The van der Waals surface area contributed by atoms with Gasteiger partial charge in [0.05, 0.1) is 25.2 Å². The van der Waals surface area contributed by atoms with E-state index in [1.54, 1.807) is 4.90 Å². The van der Waals surface area contributed by atoms with Gasteiger partial charge in [0.2, 0.25) is 15.9 Å². The molecule has 1 aromatic carbocycles. The molecule has 2 fully saturated rings. The average Bonchev–Trinajstić information content (AvgIpc) is 3.05. The maximum Gasteiger partial charge on any atom is 0.232 e. The normalized spacial score (nSPS) is 19.4. The maximum atomic E-state index is 12.6. The summed E-state index contributed by atoms with van der Waals surface area (Å²) in [6.07, 6.45) is 2.64. The Balaban J connectivity index is 1.64. The van der Waals surface area contributed by atoms with Gasteiger partial charge in [0.1, 0.15) is 0 Å². The van der Waals surface area contributed by atoms with E-state index < -0.39 is 15.8 Å². The number of anilines is 1. The van der Waals surface area contributed by atoms with Crippen LogP contribution in [0.3, 0.4) is 0 Å². The summed E-state index contributed by atoms with van der Waals surface area (Å²) >= 11 is 0. The van der Waals surface area contributed by atoms with Crippen LogP contribution in [0, 0.1) is 13.8 Å². The Morgan fingerprint density at radius 2 is 1.81 bits per heavy atom. The van der Waals surface area contributed by atoms with Crippen LogP contribution in [0.1, 0.15) is 30.4 Å². The highest BCUT2D eigenvalue weighted by atomic mass is 32.2. The minimum Gasteiger partial charge on any atom is -0.347 e. The smallest absolute Gasteiger partial charge is 0.232 e. The van der Waals surface area contributed by atoms with Gasteiger partial charge in [-0.1, -0.05) is 12.1 Å². The van der Waals surface area contributed by atoms with E-state index in [0.717, 1.165) is 11.1 Å². The van der Waals surface area contributed by atoms with Crippen molar-refractivity contribution in [3.05, 3.63) is 29.3 Å². The third kappa shape index (κ3) is 4.62. The summed E-state index contributed by atoms with van der Waals surface area (Å²) < 4.78 is 37.4. The molecule has 0 N–H and O–H groups in total. The summed E-state index contributed by atoms with van der Waals surface area (Å²) in [6.45, 7) is 6.28. The fourth-order valence-electron chi connectivity index (χ4n) is 3.69. The number of sulfonamides is 1. The zero-order valence-electron chi connectivity index (χ0n) is 16.2. The van der Waals surface area contributed by atoms with Crippen LogP contribution in [0.4, 0.5) is 5.69 Å². The van der Waals surface area contributed by atoms with E-state index in [1.165, 1.54) is 10.6 Å². The quantitative estimate of drug-likeness (QED) is 0.759. The number of likely N-dealkylation sites (tertiary alicyclic amines) is 1. The predicted octanol–water partition coefficient (Wildman–Crippen LogP) is 1.83. The van der Waals surface area contributed by atoms with Crippen molar-refractivity contribution >= 4 is 21.6 Å². The second kappa shape index (κ2) is 7.77. The standard InChI is InChI=1S/C19H28N2O5S/c1-15-4-5-16(2)17(14-15)21(27(3,23)24)9-6-18(22)20-10-7-19(8-11-20)25-12-13-26-19/h4-5,14H,6-13H2,1-3H3. The van der Waals surface area contributed by atoms with Crippen LogP contribution in [0.15, 0.2) is 18.2 Å². The van der Waals surface area contributed by atoms with E-state index in [0.29, 0.717) is 44.8 Å². The molecule has 8 heteroatoms. The topological polar surface area (TPSA) is 76.2 Å². The number of carbonyl (C=O) groups excluding carboxylic acids is 1. The first-order valence-electron chi connectivity index (χ1n) is 9.31. The van der Waals surface area contributed by atoms with Gasteiger partial charge in [-0.2, -0.15) is 0 Å². The van der Waals surface area contributed by atoms with Gasteiger partial charge < -0.3 is 14.4 Å². The van der Waals surface area contributed by atoms with Gasteiger partial charge >= 0.3 is 0 Å². The fraction of sp³-hybridized carbons (Fsp3) is 0.632. The second-order valence-electron chi connectivity index (χ2n) is 7.36. The van der Waals surface area contributed by atoms with Crippen LogP contribution >= 0.6 is 0 Å². The Morgan fingerprint density at radius 3 is 2.41 bits per heavy atom. The second-order valence-corrected chi connectivity index (χ2v) is 9.27. The Morgan fingerprint density at radius 1 is 1.19 bits per heavy atom. The van der Waals surface area contributed by atoms with Crippen molar-refractivity contribution in [1.29, 1.82) is 0 Å². The van der Waals surface area contributed by atoms with Crippen LogP contribution < -0.4 is 4.31 Å². The van der Waals surface area contributed by atoms with Crippen LogP contribution in [0.2, 0.25) is 0 Å². The Labute approximate surface area is 161 Å². The molecule has 2 saturated heterocycles. The van der Waals surface area contributed by atoms with E-state index in [9.17, 15) is 13.2 Å². The summed E-state index contributed by atoms with van der Waals surface area (Å²) in [5, 5.41) is 0. The fourth-order valence-corrected chi connectivity index (χ4v) is 4.67. The number of amides is 1. The molecule has 2 heterocycles. The highest BCUT2D eigenvalue weighted by molar-refractivity contribution is 7.92. The first-order chi connectivity index (χ1) is 12.7. The molecule has 0 aliphatic carbocycles. The lowest BCUT2D eigenvalue weighted by molar-refractivity contribution is -0.187. The molecule has 1 spiro atoms. The molecule has 1 amide bonds. The number of aryl methyl sites for hydroxylation is 2. The molecule has 27 heavy (non-hydrogen) atoms. The lowest BCUT2D eigenvalue weighted by Crippen LogP contribution is -2.48. The van der Waals surface area contributed by atoms with E-state index >= 15 is 0 Å². The third-order valence-electron chi connectivity index (χ3n) is 5.25. The van der Waals surface area contributed by atoms with Gasteiger partial charge in [-0.25, -0.2) is 8.42 Å². The van der Waals surface area contributed by atoms with E-state index in [2.05, 4.69) is 0 Å². The first-order valence-corrected chi connectivity index (χ1v) is 11.2. The molecule has 2 aliphatic heterocycles. The van der Waals surface area contributed by atoms with E-state index in [-0.39, 0.29) is 18.9 Å². The third-order valence-corrected chi connectivity index (χ3v) is 6.43. The zero-order valence-corrected chi connectivity index (χ0v) is 17.0. The lowest BCUT2D eigenvalue weighted by Gasteiger charge is -2.37. The Kier molecular flexibility index (Phi) is 5.79. The van der Waals surface area contributed by atoms with Crippen molar-refractivity contribution in [3.63, 3.8) is 0 Å². The SMILES string of the molecule is Cc1ccc(C)c(N(CCC(=O)N2CCC3(CC2)OCCO3)S(C)(=O)=O)c1. The zero-order chi connectivity index (χ0) is 19.7. The molecule has 0 bridgehead atoms. The molecule has 0 unspecified atom stereocenters. The number of ether oxygens (including phenoxy) is 2. The summed E-state index contributed by atoms with van der Waals surface area (Å²) in [4.78, 5) is 14.4. The van der Waals surface area contributed by atoms with Crippen molar-refractivity contribution in [1.82, 2.24) is 4.90 Å². The molecule has 3 rings (SSSR count). The summed E-state index contributed by atoms with van der Waals surface area (Å²) in [6, 6.07) is 5.69. The number of carbonyl (C=O) groups is 1.